The van der Waals surface area contributed by atoms with Gasteiger partial charge in [-0.3, -0.25) is 4.79 Å². The van der Waals surface area contributed by atoms with Gasteiger partial charge in [0.1, 0.15) is 23.1 Å². The number of sulfonamides is 1. The van der Waals surface area contributed by atoms with Crippen LogP contribution in [0.4, 0.5) is 0 Å². The monoisotopic (exact) mass is 683 g/mol. The molecule has 0 spiro atoms. The van der Waals surface area contributed by atoms with Crippen molar-refractivity contribution in [3.05, 3.63) is 63.8 Å². The predicted molar refractivity (Wildman–Crippen MR) is 186 cm³/mol. The summed E-state index contributed by atoms with van der Waals surface area (Å²) in [5.74, 6) is 2.43. The zero-order valence-electron chi connectivity index (χ0n) is 28.9. The lowest BCUT2D eigenvalue weighted by atomic mass is 9.97. The van der Waals surface area contributed by atoms with E-state index in [4.69, 9.17) is 24.3 Å². The molecule has 0 saturated carbocycles. The van der Waals surface area contributed by atoms with Crippen LogP contribution in [0.5, 0.6) is 17.2 Å². The summed E-state index contributed by atoms with van der Waals surface area (Å²) in [7, 11) is -1.07. The van der Waals surface area contributed by atoms with Crippen LogP contribution < -0.4 is 19.8 Å². The molecule has 0 saturated heterocycles. The third-order valence-electron chi connectivity index (χ3n) is 8.52. The molecule has 2 aromatic heterocycles. The summed E-state index contributed by atoms with van der Waals surface area (Å²) in [6.45, 7) is 8.11. The van der Waals surface area contributed by atoms with Crippen LogP contribution in [-0.2, 0) is 16.6 Å². The van der Waals surface area contributed by atoms with E-state index in [9.17, 15) is 18.3 Å². The van der Waals surface area contributed by atoms with E-state index in [2.05, 4.69) is 18.8 Å². The standard InChI is InChI=1S/C35H49N5O7S/c1-7-10-11-12-14-25(8-2)34-36-24(4)32-35(42)37-33(38-40(32)34)29-22-28(17-18-30(29)47-9-3)48(43,44)39(19-13-20-41)23-26-15-16-27(45-5)21-31(26)46-6/h15-18,21-22,25,41H,7-14,19-20,23H2,1-6H3,(H,37,38,42). The lowest BCUT2D eigenvalue weighted by Crippen LogP contribution is -2.32. The molecule has 2 heterocycles. The van der Waals surface area contributed by atoms with Crippen molar-refractivity contribution in [2.45, 2.75) is 90.0 Å². The number of aromatic nitrogens is 4. The number of H-pyrrole nitrogens is 1. The van der Waals surface area contributed by atoms with Crippen molar-refractivity contribution >= 4 is 15.5 Å². The molecule has 0 amide bonds. The van der Waals surface area contributed by atoms with Crippen molar-refractivity contribution in [2.75, 3.05) is 34.0 Å². The van der Waals surface area contributed by atoms with Gasteiger partial charge >= 0.3 is 0 Å². The summed E-state index contributed by atoms with van der Waals surface area (Å²) >= 11 is 0. The number of hydrogen-bond acceptors (Lipinski definition) is 9. The summed E-state index contributed by atoms with van der Waals surface area (Å²) in [5, 5.41) is 14.5. The molecule has 4 rings (SSSR count). The molecule has 0 aliphatic rings. The number of fused-ring (bicyclic) bond motifs is 1. The first-order valence-corrected chi connectivity index (χ1v) is 18.2. The summed E-state index contributed by atoms with van der Waals surface area (Å²) in [4.78, 5) is 21.2. The van der Waals surface area contributed by atoms with Crippen LogP contribution in [0.25, 0.3) is 16.9 Å². The fraction of sp³-hybridized carbons (Fsp3) is 0.514. The summed E-state index contributed by atoms with van der Waals surface area (Å²) in [5.41, 5.74) is 1.54. The van der Waals surface area contributed by atoms with Crippen LogP contribution in [0, 0.1) is 6.92 Å². The van der Waals surface area contributed by atoms with Crippen LogP contribution in [0.15, 0.2) is 46.1 Å². The lowest BCUT2D eigenvalue weighted by molar-refractivity contribution is 0.267. The van der Waals surface area contributed by atoms with Crippen molar-refractivity contribution in [2.24, 2.45) is 0 Å². The van der Waals surface area contributed by atoms with Gasteiger partial charge in [0.25, 0.3) is 5.56 Å². The van der Waals surface area contributed by atoms with Gasteiger partial charge in [0.15, 0.2) is 11.3 Å². The van der Waals surface area contributed by atoms with E-state index in [1.54, 1.807) is 42.8 Å². The van der Waals surface area contributed by atoms with Crippen molar-refractivity contribution in [3.8, 4) is 28.6 Å². The highest BCUT2D eigenvalue weighted by molar-refractivity contribution is 7.89. The molecule has 262 valence electrons. The minimum absolute atomic E-state index is 0.00652. The number of unbranched alkanes of at least 4 members (excludes halogenated alkanes) is 3. The Morgan fingerprint density at radius 2 is 1.79 bits per heavy atom. The van der Waals surface area contributed by atoms with Crippen molar-refractivity contribution in [1.29, 1.82) is 0 Å². The third-order valence-corrected chi connectivity index (χ3v) is 10.4. The molecular weight excluding hydrogens is 634 g/mol. The van der Waals surface area contributed by atoms with Gasteiger partial charge in [0.05, 0.1) is 37.0 Å². The minimum Gasteiger partial charge on any atom is -0.497 e. The number of aliphatic hydroxyl groups is 1. The molecule has 4 aromatic rings. The Morgan fingerprint density at radius 1 is 1.00 bits per heavy atom. The first-order valence-electron chi connectivity index (χ1n) is 16.7. The van der Waals surface area contributed by atoms with Crippen LogP contribution in [-0.4, -0.2) is 71.4 Å². The number of aliphatic hydroxyl groups excluding tert-OH is 1. The largest absolute Gasteiger partial charge is 0.497 e. The number of aromatic amines is 1. The van der Waals surface area contributed by atoms with Crippen molar-refractivity contribution in [3.63, 3.8) is 0 Å². The average Bonchev–Trinajstić information content (AvgIpc) is 3.42. The maximum Gasteiger partial charge on any atom is 0.277 e. The second-order valence-electron chi connectivity index (χ2n) is 11.8. The van der Waals surface area contributed by atoms with Gasteiger partial charge < -0.3 is 24.3 Å². The normalized spacial score (nSPS) is 12.5. The third kappa shape index (κ3) is 8.19. The van der Waals surface area contributed by atoms with Crippen LogP contribution in [0.1, 0.15) is 88.7 Å². The SMILES string of the molecule is CCCCCCC(CC)c1nc(C)c2c(=O)[nH]c(-c3cc(S(=O)(=O)N(CCCO)Cc4ccc(OC)cc4OC)ccc3OCC)nn12. The molecule has 0 bridgehead atoms. The Morgan fingerprint density at radius 3 is 2.46 bits per heavy atom. The molecule has 0 aliphatic heterocycles. The van der Waals surface area contributed by atoms with Crippen molar-refractivity contribution < 1.29 is 27.7 Å². The summed E-state index contributed by atoms with van der Waals surface area (Å²) in [6, 6.07) is 9.73. The van der Waals surface area contributed by atoms with Gasteiger partial charge in [-0.15, -0.1) is 5.10 Å². The Hall–Kier alpha value is -3.94. The quantitative estimate of drug-likeness (QED) is 0.116. The number of nitrogens with one attached hydrogen (secondary N) is 1. The molecule has 1 unspecified atom stereocenters. The van der Waals surface area contributed by atoms with E-state index < -0.39 is 10.0 Å². The highest BCUT2D eigenvalue weighted by Gasteiger charge is 2.28. The highest BCUT2D eigenvalue weighted by atomic mass is 32.2. The first kappa shape index (κ1) is 36.9. The fourth-order valence-electron chi connectivity index (χ4n) is 5.90. The molecule has 2 N–H and O–H groups in total. The van der Waals surface area contributed by atoms with Crippen LogP contribution in [0.3, 0.4) is 0 Å². The molecular formula is C35H49N5O7S. The van der Waals surface area contributed by atoms with Gasteiger partial charge in [0, 0.05) is 37.2 Å². The molecule has 0 fully saturated rings. The van der Waals surface area contributed by atoms with E-state index in [0.717, 1.165) is 37.9 Å². The molecule has 2 aromatic carbocycles. The van der Waals surface area contributed by atoms with Gasteiger partial charge in [0.2, 0.25) is 10.0 Å². The maximum absolute atomic E-state index is 14.3. The van der Waals surface area contributed by atoms with E-state index in [1.165, 1.54) is 30.0 Å². The smallest absolute Gasteiger partial charge is 0.277 e. The Bertz CT molecular complexity index is 1840. The number of benzene rings is 2. The number of rotatable bonds is 19. The van der Waals surface area contributed by atoms with Gasteiger partial charge in [-0.2, -0.15) is 4.31 Å². The van der Waals surface area contributed by atoms with Gasteiger partial charge in [-0.25, -0.2) is 17.9 Å². The molecule has 1 atom stereocenters. The van der Waals surface area contributed by atoms with E-state index in [-0.39, 0.29) is 48.3 Å². The Labute approximate surface area is 283 Å². The zero-order valence-corrected chi connectivity index (χ0v) is 29.7. The van der Waals surface area contributed by atoms with Gasteiger partial charge in [-0.1, -0.05) is 45.6 Å². The van der Waals surface area contributed by atoms with E-state index in [1.807, 2.05) is 6.92 Å². The predicted octanol–water partition coefficient (Wildman–Crippen LogP) is 5.85. The van der Waals surface area contributed by atoms with E-state index >= 15 is 0 Å². The summed E-state index contributed by atoms with van der Waals surface area (Å²) < 4.78 is 48.2. The number of methoxy groups -OCH3 is 2. The van der Waals surface area contributed by atoms with Crippen LogP contribution >= 0.6 is 0 Å². The second kappa shape index (κ2) is 16.9. The van der Waals surface area contributed by atoms with Gasteiger partial charge in [-0.05, 0) is 57.4 Å². The first-order chi connectivity index (χ1) is 23.1. The number of imidazole rings is 1. The van der Waals surface area contributed by atoms with Crippen LogP contribution in [0.2, 0.25) is 0 Å². The Balaban J connectivity index is 1.81. The maximum atomic E-state index is 14.3. The lowest BCUT2D eigenvalue weighted by Gasteiger charge is -2.24. The minimum atomic E-state index is -4.12. The van der Waals surface area contributed by atoms with E-state index in [0.29, 0.717) is 46.2 Å². The molecule has 0 radical (unpaired) electrons. The number of aryl methyl sites for hydroxylation is 1. The number of nitrogens with zero attached hydrogens (tertiary/aromatic N) is 4. The topological polar surface area (TPSA) is 148 Å². The number of ether oxygens (including phenoxy) is 3. The zero-order chi connectivity index (χ0) is 34.8. The highest BCUT2D eigenvalue weighted by Crippen LogP contribution is 2.34. The molecule has 12 nitrogen and oxygen atoms in total. The molecule has 13 heteroatoms. The fourth-order valence-corrected chi connectivity index (χ4v) is 7.38. The average molecular weight is 684 g/mol. The molecule has 0 aliphatic carbocycles. The molecule has 48 heavy (non-hydrogen) atoms. The number of hydrogen-bond donors (Lipinski definition) is 2. The summed E-state index contributed by atoms with van der Waals surface area (Å²) in [6.07, 6.45) is 6.51. The second-order valence-corrected chi connectivity index (χ2v) is 13.7. The Kier molecular flexibility index (Phi) is 13.0. The van der Waals surface area contributed by atoms with Crippen molar-refractivity contribution in [1.82, 2.24) is 23.9 Å².